The Bertz CT molecular complexity index is 758. The van der Waals surface area contributed by atoms with Crippen LogP contribution in [0, 0.1) is 5.82 Å². The highest BCUT2D eigenvalue weighted by Gasteiger charge is 2.07. The number of hydrogen-bond donors (Lipinski definition) is 1. The molecule has 21 heavy (non-hydrogen) atoms. The van der Waals surface area contributed by atoms with Crippen molar-refractivity contribution in [2.75, 3.05) is 0 Å². The van der Waals surface area contributed by atoms with E-state index in [0.29, 0.717) is 6.54 Å². The molecule has 1 atom stereocenters. The van der Waals surface area contributed by atoms with E-state index in [1.807, 2.05) is 37.3 Å². The fourth-order valence-corrected chi connectivity index (χ4v) is 2.23. The van der Waals surface area contributed by atoms with Crippen molar-refractivity contribution in [2.24, 2.45) is 0 Å². The molecule has 106 valence electrons. The minimum absolute atomic E-state index is 0.0500. The van der Waals surface area contributed by atoms with E-state index >= 15 is 0 Å². The van der Waals surface area contributed by atoms with E-state index in [1.54, 1.807) is 18.3 Å². The van der Waals surface area contributed by atoms with E-state index in [1.165, 1.54) is 6.07 Å². The lowest BCUT2D eigenvalue weighted by atomic mass is 10.1. The zero-order valence-corrected chi connectivity index (χ0v) is 11.8. The summed E-state index contributed by atoms with van der Waals surface area (Å²) in [6, 6.07) is 14.5. The van der Waals surface area contributed by atoms with E-state index in [2.05, 4.69) is 15.3 Å². The highest BCUT2D eigenvalue weighted by atomic mass is 19.1. The van der Waals surface area contributed by atoms with Crippen molar-refractivity contribution in [3.63, 3.8) is 0 Å². The lowest BCUT2D eigenvalue weighted by Crippen LogP contribution is -2.19. The smallest absolute Gasteiger partial charge is 0.123 e. The Kier molecular flexibility index (Phi) is 3.88. The molecule has 0 radical (unpaired) electrons. The van der Waals surface area contributed by atoms with Gasteiger partial charge in [-0.05, 0) is 36.8 Å². The predicted octanol–water partition coefficient (Wildman–Crippen LogP) is 3.62. The first-order valence-electron chi connectivity index (χ1n) is 6.92. The molecule has 0 fully saturated rings. The summed E-state index contributed by atoms with van der Waals surface area (Å²) >= 11 is 0. The minimum atomic E-state index is -0.216. The molecule has 0 aliphatic carbocycles. The molecule has 0 aliphatic rings. The second-order valence-corrected chi connectivity index (χ2v) is 5.01. The zero-order chi connectivity index (χ0) is 14.7. The van der Waals surface area contributed by atoms with Gasteiger partial charge < -0.3 is 5.32 Å². The maximum Gasteiger partial charge on any atom is 0.123 e. The molecule has 0 spiro atoms. The first kappa shape index (κ1) is 13.6. The van der Waals surface area contributed by atoms with Gasteiger partial charge in [0.2, 0.25) is 0 Å². The highest BCUT2D eigenvalue weighted by Crippen LogP contribution is 2.14. The van der Waals surface area contributed by atoms with E-state index in [-0.39, 0.29) is 11.9 Å². The summed E-state index contributed by atoms with van der Waals surface area (Å²) in [4.78, 5) is 8.94. The Labute approximate surface area is 122 Å². The van der Waals surface area contributed by atoms with Crippen molar-refractivity contribution in [2.45, 2.75) is 19.5 Å². The molecule has 0 aliphatic heterocycles. The van der Waals surface area contributed by atoms with Crippen LogP contribution in [0.25, 0.3) is 11.0 Å². The Morgan fingerprint density at radius 3 is 2.71 bits per heavy atom. The maximum absolute atomic E-state index is 13.2. The van der Waals surface area contributed by atoms with Crippen LogP contribution in [-0.2, 0) is 6.54 Å². The fraction of sp³-hybridized carbons (Fsp3) is 0.176. The first-order valence-corrected chi connectivity index (χ1v) is 6.92. The average molecular weight is 281 g/mol. The van der Waals surface area contributed by atoms with Gasteiger partial charge in [-0.3, -0.25) is 4.98 Å². The molecule has 3 nitrogen and oxygen atoms in total. The standard InChI is InChI=1S/C17H16FN3/c1-12(13-5-4-6-14(18)9-13)19-10-15-11-20-16-7-2-3-8-17(16)21-15/h2-9,11-12,19H,10H2,1H3/t12-/m1/s1. The summed E-state index contributed by atoms with van der Waals surface area (Å²) < 4.78 is 13.2. The Morgan fingerprint density at radius 1 is 1.10 bits per heavy atom. The van der Waals surface area contributed by atoms with Crippen molar-refractivity contribution >= 4 is 11.0 Å². The van der Waals surface area contributed by atoms with Gasteiger partial charge in [-0.1, -0.05) is 24.3 Å². The molecule has 1 aromatic heterocycles. The normalized spacial score (nSPS) is 12.5. The van der Waals surface area contributed by atoms with Crippen molar-refractivity contribution in [1.29, 1.82) is 0 Å². The number of para-hydroxylation sites is 2. The Hall–Kier alpha value is -2.33. The van der Waals surface area contributed by atoms with Crippen molar-refractivity contribution in [1.82, 2.24) is 15.3 Å². The summed E-state index contributed by atoms with van der Waals surface area (Å²) in [5, 5.41) is 3.34. The van der Waals surface area contributed by atoms with Crippen LogP contribution >= 0.6 is 0 Å². The first-order chi connectivity index (χ1) is 10.2. The van der Waals surface area contributed by atoms with Crippen LogP contribution in [0.1, 0.15) is 24.2 Å². The predicted molar refractivity (Wildman–Crippen MR) is 81.2 cm³/mol. The quantitative estimate of drug-likeness (QED) is 0.793. The fourth-order valence-electron chi connectivity index (χ4n) is 2.23. The van der Waals surface area contributed by atoms with E-state index in [9.17, 15) is 4.39 Å². The molecule has 4 heteroatoms. The number of halogens is 1. The molecule has 1 heterocycles. The minimum Gasteiger partial charge on any atom is -0.305 e. The molecular formula is C17H16FN3. The second-order valence-electron chi connectivity index (χ2n) is 5.01. The largest absolute Gasteiger partial charge is 0.305 e. The molecule has 0 saturated carbocycles. The summed E-state index contributed by atoms with van der Waals surface area (Å²) in [7, 11) is 0. The van der Waals surface area contributed by atoms with Crippen molar-refractivity contribution < 1.29 is 4.39 Å². The lowest BCUT2D eigenvalue weighted by molar-refractivity contribution is 0.559. The summed E-state index contributed by atoms with van der Waals surface area (Å²) in [6.45, 7) is 2.60. The molecule has 0 unspecified atom stereocenters. The number of hydrogen-bond acceptors (Lipinski definition) is 3. The van der Waals surface area contributed by atoms with Crippen LogP contribution in [0.5, 0.6) is 0 Å². The molecule has 0 bridgehead atoms. The van der Waals surface area contributed by atoms with Crippen LogP contribution < -0.4 is 5.32 Å². The van der Waals surface area contributed by atoms with Gasteiger partial charge in [0.1, 0.15) is 5.82 Å². The summed E-state index contributed by atoms with van der Waals surface area (Å²) in [5.74, 6) is -0.216. The van der Waals surface area contributed by atoms with Crippen molar-refractivity contribution in [3.8, 4) is 0 Å². The van der Waals surface area contributed by atoms with E-state index in [0.717, 1.165) is 22.3 Å². The summed E-state index contributed by atoms with van der Waals surface area (Å²) in [5.41, 5.74) is 3.57. The van der Waals surface area contributed by atoms with Gasteiger partial charge in [-0.15, -0.1) is 0 Å². The highest BCUT2D eigenvalue weighted by molar-refractivity contribution is 5.73. The van der Waals surface area contributed by atoms with E-state index in [4.69, 9.17) is 0 Å². The second kappa shape index (κ2) is 5.97. The maximum atomic E-state index is 13.2. The monoisotopic (exact) mass is 281 g/mol. The molecule has 1 N–H and O–H groups in total. The van der Waals surface area contributed by atoms with Gasteiger partial charge in [0, 0.05) is 12.6 Å². The van der Waals surface area contributed by atoms with Crippen molar-refractivity contribution in [3.05, 3.63) is 71.8 Å². The van der Waals surface area contributed by atoms with Gasteiger partial charge in [0.05, 0.1) is 22.9 Å². The Balaban J connectivity index is 1.71. The van der Waals surface area contributed by atoms with Crippen LogP contribution in [0.3, 0.4) is 0 Å². The van der Waals surface area contributed by atoms with Gasteiger partial charge >= 0.3 is 0 Å². The molecular weight excluding hydrogens is 265 g/mol. The molecule has 2 aromatic carbocycles. The Morgan fingerprint density at radius 2 is 1.90 bits per heavy atom. The van der Waals surface area contributed by atoms with Gasteiger partial charge in [0.25, 0.3) is 0 Å². The van der Waals surface area contributed by atoms with Crippen LogP contribution in [0.2, 0.25) is 0 Å². The number of benzene rings is 2. The average Bonchev–Trinajstić information content (AvgIpc) is 2.52. The third-order valence-corrected chi connectivity index (χ3v) is 3.44. The van der Waals surface area contributed by atoms with Gasteiger partial charge in [-0.2, -0.15) is 0 Å². The van der Waals surface area contributed by atoms with Crippen LogP contribution in [-0.4, -0.2) is 9.97 Å². The lowest BCUT2D eigenvalue weighted by Gasteiger charge is -2.14. The van der Waals surface area contributed by atoms with Gasteiger partial charge in [-0.25, -0.2) is 9.37 Å². The van der Waals surface area contributed by atoms with Gasteiger partial charge in [0.15, 0.2) is 0 Å². The number of nitrogens with zero attached hydrogens (tertiary/aromatic N) is 2. The number of aromatic nitrogens is 2. The molecule has 3 rings (SSSR count). The van der Waals surface area contributed by atoms with Crippen LogP contribution in [0.4, 0.5) is 4.39 Å². The summed E-state index contributed by atoms with van der Waals surface area (Å²) in [6.07, 6.45) is 1.77. The molecule has 0 amide bonds. The molecule has 0 saturated heterocycles. The zero-order valence-electron chi connectivity index (χ0n) is 11.8. The van der Waals surface area contributed by atoms with Crippen LogP contribution in [0.15, 0.2) is 54.7 Å². The topological polar surface area (TPSA) is 37.8 Å². The number of fused-ring (bicyclic) bond motifs is 1. The molecule has 3 aromatic rings. The third kappa shape index (κ3) is 3.23. The van der Waals surface area contributed by atoms with E-state index < -0.39 is 0 Å². The third-order valence-electron chi connectivity index (χ3n) is 3.44. The number of nitrogens with one attached hydrogen (secondary N) is 1. The number of rotatable bonds is 4. The SMILES string of the molecule is C[C@@H](NCc1cnc2ccccc2n1)c1cccc(F)c1.